The Hall–Kier alpha value is -3.49. The zero-order valence-electron chi connectivity index (χ0n) is 43.9. The molecule has 3 atom stereocenters. The molecule has 1 aliphatic carbocycles. The summed E-state index contributed by atoms with van der Waals surface area (Å²) in [6, 6.07) is -1.33. The highest BCUT2D eigenvalue weighted by molar-refractivity contribution is 7.40. The summed E-state index contributed by atoms with van der Waals surface area (Å²) in [5, 5.41) is 31.3. The predicted octanol–water partition coefficient (Wildman–Crippen LogP) is 5.76. The molecule has 0 bridgehead atoms. The predicted molar refractivity (Wildman–Crippen MR) is 284 cm³/mol. The Balaban J connectivity index is -0.000000230. The maximum atomic E-state index is 12.0. The molecule has 1 rings (SSSR count). The van der Waals surface area contributed by atoms with Crippen molar-refractivity contribution in [2.24, 2.45) is 29.0 Å². The number of hydrogen-bond donors (Lipinski definition) is 9. The second kappa shape index (κ2) is 64.5. The van der Waals surface area contributed by atoms with Gasteiger partial charge in [-0.1, -0.05) is 125 Å². The number of primary amides is 1. The molecular formula is C50H103N6O14P. The zero-order valence-corrected chi connectivity index (χ0v) is 45.1. The third kappa shape index (κ3) is 68.6. The largest absolute Gasteiger partial charge is 0.481 e. The van der Waals surface area contributed by atoms with Gasteiger partial charge in [0.05, 0.1) is 25.9 Å². The van der Waals surface area contributed by atoms with Crippen LogP contribution < -0.4 is 33.3 Å². The first kappa shape index (κ1) is 76.4. The number of carbonyl (C=O) groups excluding carboxylic acids is 6. The highest BCUT2D eigenvalue weighted by Gasteiger charge is 2.18. The van der Waals surface area contributed by atoms with Gasteiger partial charge >= 0.3 is 11.9 Å². The first-order chi connectivity index (χ1) is 34.2. The lowest BCUT2D eigenvalue weighted by molar-refractivity contribution is -0.139. The number of carbonyl (C=O) groups is 8. The lowest BCUT2D eigenvalue weighted by atomic mass is 9.83. The van der Waals surface area contributed by atoms with Crippen LogP contribution in [0.4, 0.5) is 0 Å². The molecule has 0 aliphatic heterocycles. The fourth-order valence-electron chi connectivity index (χ4n) is 6.92. The van der Waals surface area contributed by atoms with E-state index in [1.54, 1.807) is 0 Å². The summed E-state index contributed by atoms with van der Waals surface area (Å²) in [6.45, 7) is 10.5. The minimum Gasteiger partial charge on any atom is -0.481 e. The second-order valence-electron chi connectivity index (χ2n) is 17.4. The molecule has 3 amide bonds. The van der Waals surface area contributed by atoms with Gasteiger partial charge in [0, 0.05) is 60.6 Å². The maximum Gasteiger partial charge on any atom is 0.320 e. The van der Waals surface area contributed by atoms with E-state index in [0.29, 0.717) is 58.7 Å². The van der Waals surface area contributed by atoms with Crippen LogP contribution in [-0.4, -0.2) is 136 Å². The van der Waals surface area contributed by atoms with Gasteiger partial charge < -0.3 is 62.2 Å². The standard InChI is InChI=1S/C28H53NO3.C11H25N2O4P.C8H16N2O4.CH3NO.2CH2O.H2/c1-25-20-22-26(23-21-25)24-29-27(30)18-16-14-12-10-8-6-4-2-3-5-7-9-11-13-15-17-19-28(31)32;12-10(11(15)18)4-1-2-5-13-17-9-8-16-7-3-6-14;1-14-5-4-10-7(11)3-2-6(9)8(12)13;2-1-3;2*1-2;/h25-26H,2-24H2,1H3,(H,29,30)(H,31,32);10,13-14H,1-9,12,18H2;6H,2-5,9H2,1H3,(H,10,11)(H,12,13);1H,(H2,2,3);2*1H2;1H. The number of nitrogens with one attached hydrogen (secondary N) is 3. The maximum absolute atomic E-state index is 12.0. The van der Waals surface area contributed by atoms with Crippen LogP contribution in [-0.2, 0) is 52.7 Å². The molecular weight excluding hydrogens is 940 g/mol. The number of unbranched alkanes of at least 4 members (excludes halogenated alkanes) is 16. The molecule has 12 N–H and O–H groups in total. The molecule has 0 saturated heterocycles. The van der Waals surface area contributed by atoms with Gasteiger partial charge in [0.15, 0.2) is 5.52 Å². The number of aliphatic hydroxyl groups is 1. The Kier molecular flexibility index (Phi) is 69.5. The molecule has 0 spiro atoms. The summed E-state index contributed by atoms with van der Waals surface area (Å²) >= 11 is 0. The van der Waals surface area contributed by atoms with E-state index >= 15 is 0 Å². The SMILES string of the molecule is C=O.C=O.CC1CCC(CNC(=O)CCCCCCCCCCCCCCCCCCC(=O)O)CC1.COCCNC(=O)CCC(N)C(=O)O.NC(CCCCNOCCOCCCO)C(=O)P.NC=O.[HH]. The summed E-state index contributed by atoms with van der Waals surface area (Å²) in [5.74, 6) is -0.0941. The number of nitrogens with two attached hydrogens (primary N) is 3. The summed E-state index contributed by atoms with van der Waals surface area (Å²) in [6.07, 6.45) is 30.0. The van der Waals surface area contributed by atoms with Crippen LogP contribution in [0.25, 0.3) is 0 Å². The minimum absolute atomic E-state index is 0. The van der Waals surface area contributed by atoms with Crippen LogP contribution >= 0.6 is 9.24 Å². The van der Waals surface area contributed by atoms with E-state index in [9.17, 15) is 24.0 Å². The molecule has 20 nitrogen and oxygen atoms in total. The fraction of sp³-hybridized carbons (Fsp3) is 0.840. The topological polar surface area (TPSA) is 339 Å². The molecule has 21 heteroatoms. The summed E-state index contributed by atoms with van der Waals surface area (Å²) in [7, 11) is 3.64. The Bertz CT molecular complexity index is 1210. The number of methoxy groups -OCH3 is 1. The van der Waals surface area contributed by atoms with E-state index in [0.717, 1.165) is 57.0 Å². The molecule has 422 valence electrons. The van der Waals surface area contributed by atoms with Crippen molar-refractivity contribution < 1.29 is 69.4 Å². The van der Waals surface area contributed by atoms with E-state index in [2.05, 4.69) is 38.0 Å². The van der Waals surface area contributed by atoms with Crippen molar-refractivity contribution in [1.29, 1.82) is 0 Å². The number of carboxylic acids is 2. The van der Waals surface area contributed by atoms with Crippen molar-refractivity contribution in [3.8, 4) is 0 Å². The molecule has 1 fully saturated rings. The van der Waals surface area contributed by atoms with E-state index in [4.69, 9.17) is 55.5 Å². The average Bonchev–Trinajstić information content (AvgIpc) is 3.36. The molecule has 1 saturated carbocycles. The molecule has 0 aromatic carbocycles. The lowest BCUT2D eigenvalue weighted by Crippen LogP contribution is -2.33. The molecule has 3 unspecified atom stereocenters. The second-order valence-corrected chi connectivity index (χ2v) is 17.9. The molecule has 0 aromatic rings. The number of rotatable bonds is 41. The van der Waals surface area contributed by atoms with Gasteiger partial charge in [-0.25, -0.2) is 5.48 Å². The van der Waals surface area contributed by atoms with Crippen LogP contribution in [0.15, 0.2) is 0 Å². The van der Waals surface area contributed by atoms with Gasteiger partial charge in [0.25, 0.3) is 0 Å². The van der Waals surface area contributed by atoms with Crippen LogP contribution in [0.3, 0.4) is 0 Å². The first-order valence-electron chi connectivity index (χ1n) is 25.8. The number of carboxylic acid groups (broad SMARTS) is 2. The average molecular weight is 1040 g/mol. The van der Waals surface area contributed by atoms with E-state index in [1.165, 1.54) is 116 Å². The van der Waals surface area contributed by atoms with Crippen LogP contribution in [0.2, 0.25) is 0 Å². The Morgan fingerprint density at radius 2 is 1.13 bits per heavy atom. The Morgan fingerprint density at radius 1 is 0.648 bits per heavy atom. The number of aliphatic carboxylic acids is 2. The van der Waals surface area contributed by atoms with Gasteiger partial charge in [-0.3, -0.25) is 33.6 Å². The molecule has 0 aromatic heterocycles. The van der Waals surface area contributed by atoms with Gasteiger partial charge in [0.2, 0.25) is 18.2 Å². The monoisotopic (exact) mass is 1040 g/mol. The number of ether oxygens (including phenoxy) is 2. The number of amides is 3. The Labute approximate surface area is 430 Å². The summed E-state index contributed by atoms with van der Waals surface area (Å²) in [4.78, 5) is 84.3. The molecule has 0 heterocycles. The van der Waals surface area contributed by atoms with Crippen LogP contribution in [0, 0.1) is 11.8 Å². The van der Waals surface area contributed by atoms with E-state index in [-0.39, 0.29) is 50.7 Å². The molecule has 71 heavy (non-hydrogen) atoms. The van der Waals surface area contributed by atoms with Crippen LogP contribution in [0.5, 0.6) is 0 Å². The summed E-state index contributed by atoms with van der Waals surface area (Å²) < 4.78 is 9.90. The van der Waals surface area contributed by atoms with Crippen molar-refractivity contribution in [1.82, 2.24) is 16.1 Å². The van der Waals surface area contributed by atoms with Crippen molar-refractivity contribution in [3.05, 3.63) is 0 Å². The highest BCUT2D eigenvalue weighted by atomic mass is 31.0. The van der Waals surface area contributed by atoms with Crippen molar-refractivity contribution in [2.75, 3.05) is 59.8 Å². The van der Waals surface area contributed by atoms with E-state index < -0.39 is 18.0 Å². The number of hydroxylamine groups is 1. The highest BCUT2D eigenvalue weighted by Crippen LogP contribution is 2.27. The Morgan fingerprint density at radius 3 is 1.58 bits per heavy atom. The quantitative estimate of drug-likeness (QED) is 0.0152. The smallest absolute Gasteiger partial charge is 0.320 e. The van der Waals surface area contributed by atoms with Gasteiger partial charge in [-0.2, -0.15) is 0 Å². The summed E-state index contributed by atoms with van der Waals surface area (Å²) in [5.41, 5.74) is 17.7. The van der Waals surface area contributed by atoms with Crippen molar-refractivity contribution >= 4 is 58.5 Å². The number of aliphatic hydroxyl groups excluding tert-OH is 1. The lowest BCUT2D eigenvalue weighted by Gasteiger charge is -2.26. The van der Waals surface area contributed by atoms with Gasteiger partial charge in [0.1, 0.15) is 19.6 Å². The third-order valence-corrected chi connectivity index (χ3v) is 11.6. The minimum atomic E-state index is -1.09. The normalized spacial score (nSPS) is 14.2. The van der Waals surface area contributed by atoms with Crippen molar-refractivity contribution in [2.45, 2.75) is 199 Å². The van der Waals surface area contributed by atoms with E-state index in [1.807, 2.05) is 13.6 Å². The van der Waals surface area contributed by atoms with Crippen molar-refractivity contribution in [3.63, 3.8) is 0 Å². The first-order valence-corrected chi connectivity index (χ1v) is 26.4. The zero-order chi connectivity index (χ0) is 54.6. The fourth-order valence-corrected chi connectivity index (χ4v) is 7.09. The van der Waals surface area contributed by atoms with Gasteiger partial charge in [-0.15, -0.1) is 0 Å². The number of hydrogen-bond acceptors (Lipinski definition) is 15. The molecule has 0 radical (unpaired) electrons. The molecule has 1 aliphatic rings. The third-order valence-electron chi connectivity index (χ3n) is 11.2. The van der Waals surface area contributed by atoms with Crippen LogP contribution in [0.1, 0.15) is 188 Å². The van der Waals surface area contributed by atoms with Gasteiger partial charge in [-0.05, 0) is 63.2 Å².